The van der Waals surface area contributed by atoms with Crippen LogP contribution in [0.15, 0.2) is 12.4 Å². The lowest BCUT2D eigenvalue weighted by atomic mass is 10.3. The molecule has 1 aromatic heterocycles. The summed E-state index contributed by atoms with van der Waals surface area (Å²) in [6, 6.07) is -0.333. The van der Waals surface area contributed by atoms with Crippen molar-refractivity contribution in [2.75, 3.05) is 11.4 Å². The van der Waals surface area contributed by atoms with Crippen LogP contribution >= 0.6 is 0 Å². The summed E-state index contributed by atoms with van der Waals surface area (Å²) in [6.45, 7) is 0.700. The molecule has 2 N–H and O–H groups in total. The second kappa shape index (κ2) is 2.85. The van der Waals surface area contributed by atoms with Gasteiger partial charge in [0.25, 0.3) is 0 Å². The molecule has 0 bridgehead atoms. The van der Waals surface area contributed by atoms with Crippen molar-refractivity contribution in [1.82, 2.24) is 9.78 Å². The minimum absolute atomic E-state index is 0.00648. The number of amides is 1. The highest BCUT2D eigenvalue weighted by Gasteiger charge is 2.29. The Morgan fingerprint density at radius 1 is 1.69 bits per heavy atom. The molecule has 2 heterocycles. The van der Waals surface area contributed by atoms with Crippen LogP contribution in [-0.4, -0.2) is 28.3 Å². The molecule has 1 saturated heterocycles. The van der Waals surface area contributed by atoms with Gasteiger partial charge in [0.2, 0.25) is 5.91 Å². The molecule has 1 aliphatic rings. The number of anilines is 1. The molecule has 5 nitrogen and oxygen atoms in total. The van der Waals surface area contributed by atoms with Gasteiger partial charge in [-0.2, -0.15) is 5.10 Å². The van der Waals surface area contributed by atoms with E-state index in [4.69, 9.17) is 5.73 Å². The summed E-state index contributed by atoms with van der Waals surface area (Å²) in [6.07, 6.45) is 4.22. The average Bonchev–Trinajstić information content (AvgIpc) is 2.62. The maximum atomic E-state index is 11.5. The zero-order valence-corrected chi connectivity index (χ0v) is 7.47. The molecule has 1 fully saturated rings. The standard InChI is InChI=1S/C8H12N4O/c1-11-5-6(4-10-11)12-3-2-7(9)8(12)13/h4-5,7H,2-3,9H2,1H3/t7-/m1/s1. The van der Waals surface area contributed by atoms with E-state index < -0.39 is 0 Å². The Balaban J connectivity index is 2.23. The van der Waals surface area contributed by atoms with Crippen LogP contribution in [0.5, 0.6) is 0 Å². The van der Waals surface area contributed by atoms with E-state index in [0.29, 0.717) is 6.54 Å². The Labute approximate surface area is 76.1 Å². The van der Waals surface area contributed by atoms with Crippen LogP contribution < -0.4 is 10.6 Å². The number of rotatable bonds is 1. The van der Waals surface area contributed by atoms with Gasteiger partial charge in [0.15, 0.2) is 0 Å². The fourth-order valence-corrected chi connectivity index (χ4v) is 1.51. The maximum absolute atomic E-state index is 11.5. The summed E-state index contributed by atoms with van der Waals surface area (Å²) in [5, 5.41) is 4.00. The highest BCUT2D eigenvalue weighted by atomic mass is 16.2. The highest BCUT2D eigenvalue weighted by molar-refractivity contribution is 5.98. The first-order valence-corrected chi connectivity index (χ1v) is 4.24. The average molecular weight is 180 g/mol. The normalized spacial score (nSPS) is 22.8. The number of carbonyl (C=O) groups excluding carboxylic acids is 1. The number of carbonyl (C=O) groups is 1. The highest BCUT2D eigenvalue weighted by Crippen LogP contribution is 2.19. The second-order valence-corrected chi connectivity index (χ2v) is 3.26. The van der Waals surface area contributed by atoms with Crippen LogP contribution in [0.2, 0.25) is 0 Å². The topological polar surface area (TPSA) is 64.2 Å². The van der Waals surface area contributed by atoms with Crippen molar-refractivity contribution in [2.45, 2.75) is 12.5 Å². The first-order valence-electron chi connectivity index (χ1n) is 4.24. The maximum Gasteiger partial charge on any atom is 0.244 e. The lowest BCUT2D eigenvalue weighted by Crippen LogP contribution is -2.33. The number of aryl methyl sites for hydroxylation is 1. The third-order valence-electron chi connectivity index (χ3n) is 2.25. The van der Waals surface area contributed by atoms with E-state index in [2.05, 4.69) is 5.10 Å². The van der Waals surface area contributed by atoms with Gasteiger partial charge >= 0.3 is 0 Å². The number of nitrogens with zero attached hydrogens (tertiary/aromatic N) is 3. The zero-order chi connectivity index (χ0) is 9.42. The number of hydrogen-bond donors (Lipinski definition) is 1. The third-order valence-corrected chi connectivity index (χ3v) is 2.25. The van der Waals surface area contributed by atoms with E-state index in [1.54, 1.807) is 15.8 Å². The fraction of sp³-hybridized carbons (Fsp3) is 0.500. The van der Waals surface area contributed by atoms with Gasteiger partial charge in [-0.3, -0.25) is 9.48 Å². The van der Waals surface area contributed by atoms with Gasteiger partial charge in [-0.1, -0.05) is 0 Å². The molecule has 2 rings (SSSR count). The van der Waals surface area contributed by atoms with Crippen LogP contribution in [0.25, 0.3) is 0 Å². The molecular formula is C8H12N4O. The Morgan fingerprint density at radius 3 is 2.92 bits per heavy atom. The Kier molecular flexibility index (Phi) is 1.81. The monoisotopic (exact) mass is 180 g/mol. The lowest BCUT2D eigenvalue weighted by molar-refractivity contribution is -0.118. The van der Waals surface area contributed by atoms with Crippen LogP contribution in [-0.2, 0) is 11.8 Å². The van der Waals surface area contributed by atoms with Gasteiger partial charge in [0.05, 0.1) is 17.9 Å². The largest absolute Gasteiger partial charge is 0.320 e. The minimum Gasteiger partial charge on any atom is -0.320 e. The fourth-order valence-electron chi connectivity index (χ4n) is 1.51. The summed E-state index contributed by atoms with van der Waals surface area (Å²) in [5.74, 6) is -0.00648. The Morgan fingerprint density at radius 2 is 2.46 bits per heavy atom. The van der Waals surface area contributed by atoms with Crippen molar-refractivity contribution in [1.29, 1.82) is 0 Å². The molecule has 1 aliphatic heterocycles. The van der Waals surface area contributed by atoms with Crippen molar-refractivity contribution in [2.24, 2.45) is 12.8 Å². The van der Waals surface area contributed by atoms with Gasteiger partial charge in [-0.25, -0.2) is 0 Å². The predicted molar refractivity (Wildman–Crippen MR) is 48.2 cm³/mol. The van der Waals surface area contributed by atoms with Crippen LogP contribution in [0.4, 0.5) is 5.69 Å². The van der Waals surface area contributed by atoms with Gasteiger partial charge in [-0.05, 0) is 6.42 Å². The van der Waals surface area contributed by atoms with Gasteiger partial charge < -0.3 is 10.6 Å². The summed E-state index contributed by atoms with van der Waals surface area (Å²) in [7, 11) is 1.82. The first-order chi connectivity index (χ1) is 6.18. The van der Waals surface area contributed by atoms with E-state index in [0.717, 1.165) is 12.1 Å². The first kappa shape index (κ1) is 8.25. The van der Waals surface area contributed by atoms with Gasteiger partial charge in [-0.15, -0.1) is 0 Å². The van der Waals surface area contributed by atoms with E-state index >= 15 is 0 Å². The van der Waals surface area contributed by atoms with E-state index in [1.807, 2.05) is 13.2 Å². The Hall–Kier alpha value is -1.36. The van der Waals surface area contributed by atoms with Crippen LogP contribution in [0, 0.1) is 0 Å². The van der Waals surface area contributed by atoms with Crippen molar-refractivity contribution >= 4 is 11.6 Å². The van der Waals surface area contributed by atoms with Crippen molar-refractivity contribution in [3.63, 3.8) is 0 Å². The molecule has 0 radical (unpaired) electrons. The predicted octanol–water partition coefficient (Wildman–Crippen LogP) is -0.516. The van der Waals surface area contributed by atoms with E-state index in [1.165, 1.54) is 0 Å². The molecule has 13 heavy (non-hydrogen) atoms. The molecule has 0 unspecified atom stereocenters. The second-order valence-electron chi connectivity index (χ2n) is 3.26. The van der Waals surface area contributed by atoms with Gasteiger partial charge in [0, 0.05) is 19.8 Å². The minimum atomic E-state index is -0.333. The molecule has 5 heteroatoms. The smallest absolute Gasteiger partial charge is 0.244 e. The van der Waals surface area contributed by atoms with Crippen LogP contribution in [0.3, 0.4) is 0 Å². The molecule has 0 saturated carbocycles. The zero-order valence-electron chi connectivity index (χ0n) is 7.47. The molecule has 70 valence electrons. The molecule has 0 spiro atoms. The summed E-state index contributed by atoms with van der Waals surface area (Å²) in [4.78, 5) is 13.2. The molecule has 0 aliphatic carbocycles. The third kappa shape index (κ3) is 1.31. The molecule has 1 amide bonds. The molecular weight excluding hydrogens is 168 g/mol. The van der Waals surface area contributed by atoms with Gasteiger partial charge in [0.1, 0.15) is 0 Å². The summed E-state index contributed by atoms with van der Waals surface area (Å²) >= 11 is 0. The van der Waals surface area contributed by atoms with E-state index in [-0.39, 0.29) is 11.9 Å². The van der Waals surface area contributed by atoms with Crippen molar-refractivity contribution in [3.8, 4) is 0 Å². The quantitative estimate of drug-likeness (QED) is 0.632. The number of hydrogen-bond acceptors (Lipinski definition) is 3. The van der Waals surface area contributed by atoms with Crippen molar-refractivity contribution in [3.05, 3.63) is 12.4 Å². The molecule has 1 aromatic rings. The Bertz CT molecular complexity index is 333. The number of aromatic nitrogens is 2. The van der Waals surface area contributed by atoms with E-state index in [9.17, 15) is 4.79 Å². The van der Waals surface area contributed by atoms with Crippen LogP contribution in [0.1, 0.15) is 6.42 Å². The summed E-state index contributed by atoms with van der Waals surface area (Å²) in [5.41, 5.74) is 6.43. The number of nitrogens with two attached hydrogens (primary N) is 1. The SMILES string of the molecule is Cn1cc(N2CC[C@@H](N)C2=O)cn1. The van der Waals surface area contributed by atoms with Crippen molar-refractivity contribution < 1.29 is 4.79 Å². The molecule has 1 atom stereocenters. The lowest BCUT2D eigenvalue weighted by Gasteiger charge is -2.12. The molecule has 0 aromatic carbocycles. The summed E-state index contributed by atoms with van der Waals surface area (Å²) < 4.78 is 1.67.